The van der Waals surface area contributed by atoms with Crippen LogP contribution in [-0.4, -0.2) is 32.6 Å². The third-order valence-corrected chi connectivity index (χ3v) is 4.22. The predicted molar refractivity (Wildman–Crippen MR) is 97.6 cm³/mol. The molecule has 0 aliphatic heterocycles. The van der Waals surface area contributed by atoms with Crippen LogP contribution in [0.4, 0.5) is 0 Å². The number of benzene rings is 1. The number of furan rings is 1. The van der Waals surface area contributed by atoms with Gasteiger partial charge in [-0.25, -0.2) is 9.67 Å². The van der Waals surface area contributed by atoms with Crippen molar-refractivity contribution in [1.82, 2.24) is 19.7 Å². The summed E-state index contributed by atoms with van der Waals surface area (Å²) in [6.45, 7) is 1.06. The number of nitrogens with zero attached hydrogens (tertiary/aromatic N) is 4. The van der Waals surface area contributed by atoms with Gasteiger partial charge in [-0.1, -0.05) is 30.3 Å². The molecule has 1 aromatic carbocycles. The molecule has 0 spiro atoms. The second-order valence-corrected chi connectivity index (χ2v) is 6.17. The minimum absolute atomic E-state index is 0.105. The summed E-state index contributed by atoms with van der Waals surface area (Å²) in [5.74, 6) is 0.636. The molecular weight excluding hydrogens is 328 g/mol. The van der Waals surface area contributed by atoms with Crippen LogP contribution in [0.5, 0.6) is 0 Å². The molecule has 3 aromatic heterocycles. The standard InChI is InChI=1S/C20H18N4O2/c1-23(14-18-8-5-9-26-18)20(25)17-10-16-12-22-24(19(16)21-11-17)13-15-6-3-2-4-7-15/h2-12H,13-14H2,1H3. The topological polar surface area (TPSA) is 64.2 Å². The molecule has 0 unspecified atom stereocenters. The van der Waals surface area contributed by atoms with Crippen LogP contribution in [0.15, 0.2) is 71.6 Å². The van der Waals surface area contributed by atoms with Gasteiger partial charge in [0.15, 0.2) is 5.65 Å². The molecule has 26 heavy (non-hydrogen) atoms. The van der Waals surface area contributed by atoms with Crippen molar-refractivity contribution in [3.8, 4) is 0 Å². The number of amides is 1. The Morgan fingerprint density at radius 3 is 2.77 bits per heavy atom. The lowest BCUT2D eigenvalue weighted by molar-refractivity contribution is 0.0775. The number of carbonyl (C=O) groups excluding carboxylic acids is 1. The van der Waals surface area contributed by atoms with Crippen LogP contribution < -0.4 is 0 Å². The van der Waals surface area contributed by atoms with Crippen LogP contribution in [0.3, 0.4) is 0 Å². The van der Waals surface area contributed by atoms with Gasteiger partial charge in [-0.2, -0.15) is 5.10 Å². The van der Waals surface area contributed by atoms with Gasteiger partial charge in [-0.05, 0) is 23.8 Å². The average molecular weight is 346 g/mol. The number of fused-ring (bicyclic) bond motifs is 1. The maximum Gasteiger partial charge on any atom is 0.255 e. The van der Waals surface area contributed by atoms with E-state index >= 15 is 0 Å². The molecule has 0 saturated heterocycles. The Bertz CT molecular complexity index is 1020. The number of hydrogen-bond acceptors (Lipinski definition) is 4. The van der Waals surface area contributed by atoms with Crippen LogP contribution in [0, 0.1) is 0 Å². The van der Waals surface area contributed by atoms with Gasteiger partial charge in [0.2, 0.25) is 0 Å². The molecule has 0 bridgehead atoms. The van der Waals surface area contributed by atoms with E-state index in [4.69, 9.17) is 4.42 Å². The summed E-state index contributed by atoms with van der Waals surface area (Å²) >= 11 is 0. The van der Waals surface area contributed by atoms with Crippen molar-refractivity contribution in [2.24, 2.45) is 0 Å². The third-order valence-electron chi connectivity index (χ3n) is 4.22. The first kappa shape index (κ1) is 16.1. The van der Waals surface area contributed by atoms with Crippen LogP contribution >= 0.6 is 0 Å². The Morgan fingerprint density at radius 1 is 1.15 bits per heavy atom. The lowest BCUT2D eigenvalue weighted by atomic mass is 10.2. The second kappa shape index (κ2) is 6.84. The van der Waals surface area contributed by atoms with Crippen molar-refractivity contribution in [3.63, 3.8) is 0 Å². The van der Waals surface area contributed by atoms with Crippen molar-refractivity contribution in [2.45, 2.75) is 13.1 Å². The van der Waals surface area contributed by atoms with Gasteiger partial charge in [0, 0.05) is 18.6 Å². The molecule has 1 amide bonds. The fraction of sp³-hybridized carbons (Fsp3) is 0.150. The van der Waals surface area contributed by atoms with Gasteiger partial charge in [0.1, 0.15) is 5.76 Å². The molecule has 3 heterocycles. The van der Waals surface area contributed by atoms with Crippen molar-refractivity contribution < 1.29 is 9.21 Å². The maximum atomic E-state index is 12.6. The Hall–Kier alpha value is -3.41. The quantitative estimate of drug-likeness (QED) is 0.556. The molecule has 0 atom stereocenters. The van der Waals surface area contributed by atoms with Crippen molar-refractivity contribution in [2.75, 3.05) is 7.05 Å². The van der Waals surface area contributed by atoms with E-state index < -0.39 is 0 Å². The minimum atomic E-state index is -0.105. The highest BCUT2D eigenvalue weighted by Gasteiger charge is 2.15. The van der Waals surface area contributed by atoms with Crippen LogP contribution in [0.2, 0.25) is 0 Å². The van der Waals surface area contributed by atoms with E-state index in [9.17, 15) is 4.79 Å². The highest BCUT2D eigenvalue weighted by atomic mass is 16.3. The SMILES string of the molecule is CN(Cc1ccco1)C(=O)c1cnc2c(cnn2Cc2ccccc2)c1. The van der Waals surface area contributed by atoms with Gasteiger partial charge in [-0.3, -0.25) is 4.79 Å². The fourth-order valence-electron chi connectivity index (χ4n) is 2.89. The highest BCUT2D eigenvalue weighted by molar-refractivity contribution is 5.96. The van der Waals surface area contributed by atoms with E-state index in [1.165, 1.54) is 0 Å². The Labute approximate surface area is 150 Å². The summed E-state index contributed by atoms with van der Waals surface area (Å²) in [5, 5.41) is 5.26. The zero-order valence-electron chi connectivity index (χ0n) is 14.4. The summed E-state index contributed by atoms with van der Waals surface area (Å²) in [5.41, 5.74) is 2.45. The van der Waals surface area contributed by atoms with Crippen molar-refractivity contribution in [3.05, 3.63) is 84.1 Å². The van der Waals surface area contributed by atoms with Crippen LogP contribution in [0.25, 0.3) is 11.0 Å². The van der Waals surface area contributed by atoms with E-state index in [1.54, 1.807) is 30.6 Å². The van der Waals surface area contributed by atoms with Gasteiger partial charge in [-0.15, -0.1) is 0 Å². The fourth-order valence-corrected chi connectivity index (χ4v) is 2.89. The molecule has 4 rings (SSSR count). The lowest BCUT2D eigenvalue weighted by Crippen LogP contribution is -2.26. The monoisotopic (exact) mass is 346 g/mol. The van der Waals surface area contributed by atoms with Crippen LogP contribution in [0.1, 0.15) is 21.7 Å². The van der Waals surface area contributed by atoms with Crippen LogP contribution in [-0.2, 0) is 13.1 Å². The average Bonchev–Trinajstić information content (AvgIpc) is 3.32. The first-order valence-corrected chi connectivity index (χ1v) is 8.34. The molecule has 4 aromatic rings. The summed E-state index contributed by atoms with van der Waals surface area (Å²) in [6, 6.07) is 15.6. The summed E-state index contributed by atoms with van der Waals surface area (Å²) in [7, 11) is 1.74. The van der Waals surface area contributed by atoms with E-state index in [1.807, 2.05) is 41.1 Å². The molecule has 0 fully saturated rings. The Morgan fingerprint density at radius 2 is 2.00 bits per heavy atom. The molecule has 0 N–H and O–H groups in total. The zero-order chi connectivity index (χ0) is 17.9. The number of carbonyl (C=O) groups is 1. The number of rotatable bonds is 5. The van der Waals surface area contributed by atoms with E-state index in [0.717, 1.165) is 22.4 Å². The first-order chi connectivity index (χ1) is 12.7. The van der Waals surface area contributed by atoms with Gasteiger partial charge < -0.3 is 9.32 Å². The molecule has 0 radical (unpaired) electrons. The van der Waals surface area contributed by atoms with Gasteiger partial charge >= 0.3 is 0 Å². The number of hydrogen-bond donors (Lipinski definition) is 0. The Kier molecular flexibility index (Phi) is 4.23. The summed E-state index contributed by atoms with van der Waals surface area (Å²) < 4.78 is 7.14. The molecule has 130 valence electrons. The molecule has 6 heteroatoms. The normalized spacial score (nSPS) is 11.0. The van der Waals surface area contributed by atoms with E-state index in [-0.39, 0.29) is 5.91 Å². The zero-order valence-corrected chi connectivity index (χ0v) is 14.4. The third kappa shape index (κ3) is 3.21. The minimum Gasteiger partial charge on any atom is -0.467 e. The van der Waals surface area contributed by atoms with Gasteiger partial charge in [0.25, 0.3) is 5.91 Å². The molecular formula is C20H18N4O2. The smallest absolute Gasteiger partial charge is 0.255 e. The number of aromatic nitrogens is 3. The van der Waals surface area contributed by atoms with Crippen molar-refractivity contribution >= 4 is 16.9 Å². The lowest BCUT2D eigenvalue weighted by Gasteiger charge is -2.15. The van der Waals surface area contributed by atoms with E-state index in [0.29, 0.717) is 18.7 Å². The molecule has 0 saturated carbocycles. The van der Waals surface area contributed by atoms with Gasteiger partial charge in [0.05, 0.1) is 31.1 Å². The number of pyridine rings is 1. The maximum absolute atomic E-state index is 12.6. The second-order valence-electron chi connectivity index (χ2n) is 6.17. The molecule has 0 aliphatic rings. The molecule has 6 nitrogen and oxygen atoms in total. The van der Waals surface area contributed by atoms with Crippen molar-refractivity contribution in [1.29, 1.82) is 0 Å². The predicted octanol–water partition coefficient (Wildman–Crippen LogP) is 3.34. The largest absolute Gasteiger partial charge is 0.467 e. The Balaban J connectivity index is 1.55. The molecule has 0 aliphatic carbocycles. The summed E-state index contributed by atoms with van der Waals surface area (Å²) in [6.07, 6.45) is 4.95. The summed E-state index contributed by atoms with van der Waals surface area (Å²) in [4.78, 5) is 18.7. The van der Waals surface area contributed by atoms with E-state index in [2.05, 4.69) is 22.2 Å². The highest BCUT2D eigenvalue weighted by Crippen LogP contribution is 2.16. The first-order valence-electron chi connectivity index (χ1n) is 8.34.